The lowest BCUT2D eigenvalue weighted by Gasteiger charge is -2.32. The smallest absolute Gasteiger partial charge is 0.225 e. The summed E-state index contributed by atoms with van der Waals surface area (Å²) >= 11 is 0. The van der Waals surface area contributed by atoms with Crippen LogP contribution in [0.5, 0.6) is 5.75 Å². The zero-order valence-corrected chi connectivity index (χ0v) is 12.0. The largest absolute Gasteiger partial charge is 0.490 e. The maximum Gasteiger partial charge on any atom is 0.225 e. The number of piperidine rings is 1. The van der Waals surface area contributed by atoms with Gasteiger partial charge in [0.1, 0.15) is 11.9 Å². The van der Waals surface area contributed by atoms with E-state index in [4.69, 9.17) is 10.5 Å². The topological polar surface area (TPSA) is 55.6 Å². The van der Waals surface area contributed by atoms with Gasteiger partial charge in [-0.2, -0.15) is 0 Å². The summed E-state index contributed by atoms with van der Waals surface area (Å²) in [7, 11) is 0. The van der Waals surface area contributed by atoms with Crippen molar-refractivity contribution in [3.8, 4) is 5.75 Å². The summed E-state index contributed by atoms with van der Waals surface area (Å²) in [5, 5.41) is 0. The molecule has 4 nitrogen and oxygen atoms in total. The van der Waals surface area contributed by atoms with Crippen LogP contribution in [0.1, 0.15) is 31.2 Å². The number of ether oxygens (including phenoxy) is 1. The van der Waals surface area contributed by atoms with Gasteiger partial charge >= 0.3 is 0 Å². The van der Waals surface area contributed by atoms with Gasteiger partial charge in [-0.3, -0.25) is 4.79 Å². The highest BCUT2D eigenvalue weighted by Gasteiger charge is 2.35. The van der Waals surface area contributed by atoms with Crippen molar-refractivity contribution in [3.05, 3.63) is 23.8 Å². The standard InChI is InChI=1S/C16H22N2O2/c1-11-10-13(17)4-5-15(11)20-14-6-8-18(9-7-14)16(19)12-2-3-12/h4-5,10,12,14H,2-3,6-9,17H2,1H3. The molecule has 1 saturated carbocycles. The van der Waals surface area contributed by atoms with Gasteiger partial charge in [0.15, 0.2) is 0 Å². The van der Waals surface area contributed by atoms with E-state index >= 15 is 0 Å². The van der Waals surface area contributed by atoms with Gasteiger partial charge in [0.25, 0.3) is 0 Å². The monoisotopic (exact) mass is 274 g/mol. The van der Waals surface area contributed by atoms with Crippen LogP contribution in [0.2, 0.25) is 0 Å². The summed E-state index contributed by atoms with van der Waals surface area (Å²) in [6.45, 7) is 3.67. The first-order valence-corrected chi connectivity index (χ1v) is 7.45. The van der Waals surface area contributed by atoms with Gasteiger partial charge in [0, 0.05) is 37.5 Å². The van der Waals surface area contributed by atoms with Gasteiger partial charge < -0.3 is 15.4 Å². The molecular weight excluding hydrogens is 252 g/mol. The van der Waals surface area contributed by atoms with E-state index in [-0.39, 0.29) is 6.10 Å². The van der Waals surface area contributed by atoms with Gasteiger partial charge in [-0.25, -0.2) is 0 Å². The maximum atomic E-state index is 12.0. The molecule has 0 bridgehead atoms. The fourth-order valence-electron chi connectivity index (χ4n) is 2.77. The SMILES string of the molecule is Cc1cc(N)ccc1OC1CCN(C(=O)C2CC2)CC1. The normalized spacial score (nSPS) is 19.9. The Kier molecular flexibility index (Phi) is 3.55. The van der Waals surface area contributed by atoms with Crippen molar-refractivity contribution in [1.82, 2.24) is 4.90 Å². The number of amides is 1. The molecule has 0 atom stereocenters. The number of nitrogens with zero attached hydrogens (tertiary/aromatic N) is 1. The number of hydrogen-bond acceptors (Lipinski definition) is 3. The summed E-state index contributed by atoms with van der Waals surface area (Å²) in [4.78, 5) is 14.0. The van der Waals surface area contributed by atoms with Gasteiger partial charge in [0.05, 0.1) is 0 Å². The molecule has 0 radical (unpaired) electrons. The molecule has 4 heteroatoms. The van der Waals surface area contributed by atoms with Crippen LogP contribution in [-0.2, 0) is 4.79 Å². The summed E-state index contributed by atoms with van der Waals surface area (Å²) in [5.74, 6) is 1.59. The van der Waals surface area contributed by atoms with Crippen LogP contribution in [-0.4, -0.2) is 30.0 Å². The van der Waals surface area contributed by atoms with E-state index in [0.717, 1.165) is 55.8 Å². The second-order valence-corrected chi connectivity index (χ2v) is 5.94. The molecule has 1 saturated heterocycles. The summed E-state index contributed by atoms with van der Waals surface area (Å²) in [5.41, 5.74) is 7.58. The highest BCUT2D eigenvalue weighted by molar-refractivity contribution is 5.81. The first kappa shape index (κ1) is 13.3. The first-order chi connectivity index (χ1) is 9.63. The maximum absolute atomic E-state index is 12.0. The molecule has 2 fully saturated rings. The number of hydrogen-bond donors (Lipinski definition) is 1. The molecule has 0 spiro atoms. The number of aryl methyl sites for hydroxylation is 1. The molecule has 1 aromatic carbocycles. The van der Waals surface area contributed by atoms with Crippen molar-refractivity contribution >= 4 is 11.6 Å². The van der Waals surface area contributed by atoms with E-state index in [1.165, 1.54) is 0 Å². The van der Waals surface area contributed by atoms with Crippen LogP contribution < -0.4 is 10.5 Å². The Hall–Kier alpha value is -1.71. The van der Waals surface area contributed by atoms with E-state index in [0.29, 0.717) is 11.8 Å². The lowest BCUT2D eigenvalue weighted by molar-refractivity contribution is -0.134. The Morgan fingerprint density at radius 1 is 1.25 bits per heavy atom. The van der Waals surface area contributed by atoms with Crippen molar-refractivity contribution in [2.75, 3.05) is 18.8 Å². The average molecular weight is 274 g/mol. The van der Waals surface area contributed by atoms with E-state index in [2.05, 4.69) is 0 Å². The number of likely N-dealkylation sites (tertiary alicyclic amines) is 1. The molecule has 1 aromatic rings. The molecular formula is C16H22N2O2. The molecule has 1 aliphatic heterocycles. The van der Waals surface area contributed by atoms with Crippen LogP contribution in [0.4, 0.5) is 5.69 Å². The molecule has 3 rings (SSSR count). The van der Waals surface area contributed by atoms with Crippen molar-refractivity contribution in [3.63, 3.8) is 0 Å². The predicted molar refractivity (Wildman–Crippen MR) is 78.5 cm³/mol. The number of nitrogen functional groups attached to an aromatic ring is 1. The van der Waals surface area contributed by atoms with Crippen molar-refractivity contribution in [2.45, 2.75) is 38.7 Å². The molecule has 1 aliphatic carbocycles. The fourth-order valence-corrected chi connectivity index (χ4v) is 2.77. The van der Waals surface area contributed by atoms with Crippen molar-refractivity contribution in [2.24, 2.45) is 5.92 Å². The highest BCUT2D eigenvalue weighted by Crippen LogP contribution is 2.32. The Morgan fingerprint density at radius 2 is 1.95 bits per heavy atom. The molecule has 2 N–H and O–H groups in total. The third kappa shape index (κ3) is 2.89. The predicted octanol–water partition coefficient (Wildman–Crippen LogP) is 2.36. The third-order valence-corrected chi connectivity index (χ3v) is 4.17. The van der Waals surface area contributed by atoms with Crippen LogP contribution in [0.3, 0.4) is 0 Å². The fraction of sp³-hybridized carbons (Fsp3) is 0.562. The summed E-state index contributed by atoms with van der Waals surface area (Å²) in [6.07, 6.45) is 4.21. The van der Waals surface area contributed by atoms with E-state index in [9.17, 15) is 4.79 Å². The van der Waals surface area contributed by atoms with E-state index in [1.807, 2.05) is 30.0 Å². The lowest BCUT2D eigenvalue weighted by atomic mass is 10.1. The third-order valence-electron chi connectivity index (χ3n) is 4.17. The van der Waals surface area contributed by atoms with Crippen LogP contribution >= 0.6 is 0 Å². The molecule has 108 valence electrons. The first-order valence-electron chi connectivity index (χ1n) is 7.45. The molecule has 2 aliphatic rings. The highest BCUT2D eigenvalue weighted by atomic mass is 16.5. The quantitative estimate of drug-likeness (QED) is 0.861. The van der Waals surface area contributed by atoms with Crippen LogP contribution in [0, 0.1) is 12.8 Å². The molecule has 1 heterocycles. The average Bonchev–Trinajstić information content (AvgIpc) is 3.26. The van der Waals surface area contributed by atoms with E-state index < -0.39 is 0 Å². The second-order valence-electron chi connectivity index (χ2n) is 5.94. The zero-order valence-electron chi connectivity index (χ0n) is 12.0. The van der Waals surface area contributed by atoms with Crippen LogP contribution in [0.15, 0.2) is 18.2 Å². The lowest BCUT2D eigenvalue weighted by Crippen LogP contribution is -2.42. The van der Waals surface area contributed by atoms with Crippen molar-refractivity contribution in [1.29, 1.82) is 0 Å². The number of anilines is 1. The number of nitrogens with two attached hydrogens (primary N) is 1. The second kappa shape index (κ2) is 5.35. The van der Waals surface area contributed by atoms with Gasteiger partial charge in [-0.15, -0.1) is 0 Å². The Balaban J connectivity index is 1.54. The zero-order chi connectivity index (χ0) is 14.1. The Morgan fingerprint density at radius 3 is 2.55 bits per heavy atom. The van der Waals surface area contributed by atoms with E-state index in [1.54, 1.807) is 0 Å². The summed E-state index contributed by atoms with van der Waals surface area (Å²) < 4.78 is 6.05. The number of carbonyl (C=O) groups excluding carboxylic acids is 1. The number of rotatable bonds is 3. The van der Waals surface area contributed by atoms with Gasteiger partial charge in [-0.05, 0) is 43.5 Å². The molecule has 0 unspecified atom stereocenters. The molecule has 0 aromatic heterocycles. The van der Waals surface area contributed by atoms with Gasteiger partial charge in [0.2, 0.25) is 5.91 Å². The van der Waals surface area contributed by atoms with Gasteiger partial charge in [-0.1, -0.05) is 0 Å². The Labute approximate surface area is 119 Å². The minimum atomic E-state index is 0.209. The van der Waals surface area contributed by atoms with Crippen molar-refractivity contribution < 1.29 is 9.53 Å². The Bertz CT molecular complexity index is 503. The minimum absolute atomic E-state index is 0.209. The number of carbonyl (C=O) groups is 1. The van der Waals surface area contributed by atoms with Crippen LogP contribution in [0.25, 0.3) is 0 Å². The summed E-state index contributed by atoms with van der Waals surface area (Å²) in [6, 6.07) is 5.74. The minimum Gasteiger partial charge on any atom is -0.490 e. The molecule has 20 heavy (non-hydrogen) atoms. The molecule has 1 amide bonds. The number of benzene rings is 1.